The highest BCUT2D eigenvalue weighted by molar-refractivity contribution is 5.76. The van der Waals surface area contributed by atoms with Gasteiger partial charge in [-0.05, 0) is 18.9 Å². The second-order valence-corrected chi connectivity index (χ2v) is 6.17. The molecule has 0 unspecified atom stereocenters. The molecule has 0 heterocycles. The van der Waals surface area contributed by atoms with Gasteiger partial charge in [-0.2, -0.15) is 0 Å². The van der Waals surface area contributed by atoms with Crippen molar-refractivity contribution in [2.75, 3.05) is 19.6 Å². The zero-order chi connectivity index (χ0) is 15.1. The van der Waals surface area contributed by atoms with Crippen LogP contribution in [0, 0.1) is 5.92 Å². The normalized spacial score (nSPS) is 11.0. The Balaban J connectivity index is 3.11. The van der Waals surface area contributed by atoms with Gasteiger partial charge in [-0.3, -0.25) is 4.79 Å². The first kappa shape index (κ1) is 19.4. The van der Waals surface area contributed by atoms with Crippen molar-refractivity contribution in [3.05, 3.63) is 0 Å². The van der Waals surface area contributed by atoms with Crippen LogP contribution in [0.5, 0.6) is 0 Å². The summed E-state index contributed by atoms with van der Waals surface area (Å²) >= 11 is 0. The predicted molar refractivity (Wildman–Crippen MR) is 87.9 cm³/mol. The monoisotopic (exact) mass is 284 g/mol. The Bertz CT molecular complexity index is 217. The van der Waals surface area contributed by atoms with E-state index in [1.807, 2.05) is 0 Å². The fraction of sp³-hybridized carbons (Fsp3) is 0.941. The molecular formula is C17H36N2O. The van der Waals surface area contributed by atoms with Gasteiger partial charge in [-0.15, -0.1) is 0 Å². The minimum Gasteiger partial charge on any atom is -0.356 e. The topological polar surface area (TPSA) is 41.1 Å². The van der Waals surface area contributed by atoms with Crippen LogP contribution in [0.15, 0.2) is 0 Å². The summed E-state index contributed by atoms with van der Waals surface area (Å²) in [5.41, 5.74) is 0. The van der Waals surface area contributed by atoms with E-state index in [9.17, 15) is 4.79 Å². The Hall–Kier alpha value is -0.570. The van der Waals surface area contributed by atoms with Crippen molar-refractivity contribution in [3.8, 4) is 0 Å². The first-order valence-corrected chi connectivity index (χ1v) is 8.64. The lowest BCUT2D eigenvalue weighted by molar-refractivity contribution is -0.121. The van der Waals surface area contributed by atoms with Crippen molar-refractivity contribution >= 4 is 5.91 Å². The van der Waals surface area contributed by atoms with Gasteiger partial charge in [0.2, 0.25) is 5.91 Å². The van der Waals surface area contributed by atoms with E-state index in [-0.39, 0.29) is 5.91 Å². The standard InChI is InChI=1S/C17H36N2O/c1-4-5-6-7-8-9-10-11-13-18-14-12-17(20)19-15-16(2)3/h16,18H,4-15H2,1-3H3,(H,19,20). The summed E-state index contributed by atoms with van der Waals surface area (Å²) in [6, 6.07) is 0. The minimum absolute atomic E-state index is 0.169. The van der Waals surface area contributed by atoms with E-state index < -0.39 is 0 Å². The molecule has 3 nitrogen and oxygen atoms in total. The summed E-state index contributed by atoms with van der Waals surface area (Å²) in [6.45, 7) is 9.13. The summed E-state index contributed by atoms with van der Waals surface area (Å²) in [6.07, 6.45) is 11.4. The second kappa shape index (κ2) is 14.8. The Kier molecular flexibility index (Phi) is 14.4. The molecule has 0 aliphatic rings. The zero-order valence-electron chi connectivity index (χ0n) is 14.0. The van der Waals surface area contributed by atoms with Gasteiger partial charge in [0.05, 0.1) is 0 Å². The van der Waals surface area contributed by atoms with E-state index >= 15 is 0 Å². The first-order valence-electron chi connectivity index (χ1n) is 8.64. The maximum Gasteiger partial charge on any atom is 0.221 e. The van der Waals surface area contributed by atoms with Crippen molar-refractivity contribution in [3.63, 3.8) is 0 Å². The SMILES string of the molecule is CCCCCCCCCCNCCC(=O)NCC(C)C. The van der Waals surface area contributed by atoms with Crippen LogP contribution in [-0.4, -0.2) is 25.5 Å². The van der Waals surface area contributed by atoms with Crippen LogP contribution in [0.2, 0.25) is 0 Å². The van der Waals surface area contributed by atoms with Gasteiger partial charge in [0.1, 0.15) is 0 Å². The molecule has 0 aliphatic carbocycles. The van der Waals surface area contributed by atoms with Gasteiger partial charge < -0.3 is 10.6 Å². The number of hydrogen-bond acceptors (Lipinski definition) is 2. The second-order valence-electron chi connectivity index (χ2n) is 6.17. The highest BCUT2D eigenvalue weighted by Gasteiger charge is 2.01. The first-order chi connectivity index (χ1) is 9.66. The maximum atomic E-state index is 11.5. The van der Waals surface area contributed by atoms with E-state index in [1.165, 1.54) is 51.4 Å². The molecule has 0 aromatic carbocycles. The predicted octanol–water partition coefficient (Wildman–Crippen LogP) is 3.88. The molecule has 120 valence electrons. The van der Waals surface area contributed by atoms with Crippen LogP contribution in [-0.2, 0) is 4.79 Å². The number of nitrogens with one attached hydrogen (secondary N) is 2. The number of amides is 1. The van der Waals surface area contributed by atoms with Gasteiger partial charge in [0, 0.05) is 19.5 Å². The lowest BCUT2D eigenvalue weighted by Crippen LogP contribution is -2.30. The Morgan fingerprint density at radius 3 is 2.10 bits per heavy atom. The van der Waals surface area contributed by atoms with Crippen molar-refractivity contribution in [1.82, 2.24) is 10.6 Å². The van der Waals surface area contributed by atoms with E-state index in [0.29, 0.717) is 12.3 Å². The van der Waals surface area contributed by atoms with Crippen LogP contribution in [0.4, 0.5) is 0 Å². The maximum absolute atomic E-state index is 11.5. The average molecular weight is 284 g/mol. The third-order valence-electron chi connectivity index (χ3n) is 3.44. The lowest BCUT2D eigenvalue weighted by atomic mass is 10.1. The quantitative estimate of drug-likeness (QED) is 0.475. The van der Waals surface area contributed by atoms with Gasteiger partial charge in [0.25, 0.3) is 0 Å². The average Bonchev–Trinajstić information content (AvgIpc) is 2.42. The van der Waals surface area contributed by atoms with E-state index in [4.69, 9.17) is 0 Å². The number of carbonyl (C=O) groups is 1. The van der Waals surface area contributed by atoms with Crippen LogP contribution in [0.1, 0.15) is 78.6 Å². The van der Waals surface area contributed by atoms with E-state index in [1.54, 1.807) is 0 Å². The Morgan fingerprint density at radius 2 is 1.50 bits per heavy atom. The number of rotatable bonds is 14. The summed E-state index contributed by atoms with van der Waals surface area (Å²) in [7, 11) is 0. The van der Waals surface area contributed by atoms with Crippen molar-refractivity contribution in [2.24, 2.45) is 5.92 Å². The lowest BCUT2D eigenvalue weighted by Gasteiger charge is -2.08. The molecule has 0 bridgehead atoms. The summed E-state index contributed by atoms with van der Waals surface area (Å²) in [5, 5.41) is 6.29. The summed E-state index contributed by atoms with van der Waals surface area (Å²) < 4.78 is 0. The number of unbranched alkanes of at least 4 members (excludes halogenated alkanes) is 7. The molecular weight excluding hydrogens is 248 g/mol. The van der Waals surface area contributed by atoms with Gasteiger partial charge in [-0.1, -0.05) is 65.7 Å². The molecule has 0 fully saturated rings. The fourth-order valence-corrected chi connectivity index (χ4v) is 2.12. The fourth-order valence-electron chi connectivity index (χ4n) is 2.12. The number of carbonyl (C=O) groups excluding carboxylic acids is 1. The molecule has 0 spiro atoms. The van der Waals surface area contributed by atoms with E-state index in [2.05, 4.69) is 31.4 Å². The Labute approximate surface area is 126 Å². The molecule has 0 saturated carbocycles. The molecule has 1 amide bonds. The molecule has 0 aliphatic heterocycles. The summed E-state index contributed by atoms with van der Waals surface area (Å²) in [5.74, 6) is 0.700. The summed E-state index contributed by atoms with van der Waals surface area (Å²) in [4.78, 5) is 11.5. The smallest absolute Gasteiger partial charge is 0.221 e. The van der Waals surface area contributed by atoms with E-state index in [0.717, 1.165) is 19.6 Å². The number of hydrogen-bond donors (Lipinski definition) is 2. The van der Waals surface area contributed by atoms with Crippen LogP contribution >= 0.6 is 0 Å². The van der Waals surface area contributed by atoms with Gasteiger partial charge >= 0.3 is 0 Å². The van der Waals surface area contributed by atoms with Crippen molar-refractivity contribution in [1.29, 1.82) is 0 Å². The van der Waals surface area contributed by atoms with Crippen LogP contribution in [0.25, 0.3) is 0 Å². The molecule has 3 heteroatoms. The molecule has 0 radical (unpaired) electrons. The molecule has 20 heavy (non-hydrogen) atoms. The molecule has 0 aromatic rings. The largest absolute Gasteiger partial charge is 0.356 e. The Morgan fingerprint density at radius 1 is 0.900 bits per heavy atom. The van der Waals surface area contributed by atoms with Gasteiger partial charge in [0.15, 0.2) is 0 Å². The van der Waals surface area contributed by atoms with Gasteiger partial charge in [-0.25, -0.2) is 0 Å². The van der Waals surface area contributed by atoms with Crippen molar-refractivity contribution < 1.29 is 4.79 Å². The molecule has 0 saturated heterocycles. The molecule has 0 aromatic heterocycles. The molecule has 0 rings (SSSR count). The zero-order valence-corrected chi connectivity index (χ0v) is 14.0. The van der Waals surface area contributed by atoms with Crippen LogP contribution in [0.3, 0.4) is 0 Å². The molecule has 2 N–H and O–H groups in total. The third-order valence-corrected chi connectivity index (χ3v) is 3.44. The highest BCUT2D eigenvalue weighted by atomic mass is 16.1. The van der Waals surface area contributed by atoms with Crippen LogP contribution < -0.4 is 10.6 Å². The highest BCUT2D eigenvalue weighted by Crippen LogP contribution is 2.07. The molecule has 0 atom stereocenters. The third kappa shape index (κ3) is 15.5. The van der Waals surface area contributed by atoms with Crippen molar-refractivity contribution in [2.45, 2.75) is 78.6 Å². The minimum atomic E-state index is 0.169.